The largest absolute Gasteiger partial charge is 0.508 e. The molecule has 1 amide bonds. The lowest BCUT2D eigenvalue weighted by atomic mass is 9.84. The molecule has 0 bridgehead atoms. The number of hydrogen-bond acceptors (Lipinski definition) is 5. The minimum Gasteiger partial charge on any atom is -0.508 e. The summed E-state index contributed by atoms with van der Waals surface area (Å²) in [6, 6.07) is 11.4. The van der Waals surface area contributed by atoms with E-state index >= 15 is 0 Å². The summed E-state index contributed by atoms with van der Waals surface area (Å²) in [4.78, 5) is 27.6. The van der Waals surface area contributed by atoms with Crippen LogP contribution in [0.1, 0.15) is 62.9 Å². The number of ether oxygens (including phenoxy) is 1. The van der Waals surface area contributed by atoms with Crippen LogP contribution < -0.4 is 0 Å². The highest BCUT2D eigenvalue weighted by molar-refractivity contribution is 6.46. The van der Waals surface area contributed by atoms with Crippen molar-refractivity contribution in [3.63, 3.8) is 0 Å². The van der Waals surface area contributed by atoms with Crippen molar-refractivity contribution in [2.75, 3.05) is 13.2 Å². The number of phenols is 1. The standard InChI is InChI=1S/C27H33NO5/c1-16(2)33-14-13-28-23(18-8-11-20(29)12-9-18)22(25(31)26(28)32)24(30)21-15-19(27(4,5)6)10-7-17(21)3/h7-12,15-16,23,29-30H,13-14H2,1-6H3/b24-22+. The fraction of sp³-hybridized carbons (Fsp3) is 0.407. The van der Waals surface area contributed by atoms with Crippen LogP contribution in [0.2, 0.25) is 0 Å². The second kappa shape index (κ2) is 9.40. The number of aromatic hydroxyl groups is 1. The number of nitrogens with zero attached hydrogens (tertiary/aromatic N) is 1. The highest BCUT2D eigenvalue weighted by Crippen LogP contribution is 2.40. The van der Waals surface area contributed by atoms with Gasteiger partial charge in [0.05, 0.1) is 24.3 Å². The molecule has 3 rings (SSSR count). The van der Waals surface area contributed by atoms with Crippen molar-refractivity contribution in [3.05, 3.63) is 70.3 Å². The average Bonchev–Trinajstić information content (AvgIpc) is 2.98. The number of likely N-dealkylation sites (tertiary alicyclic amines) is 1. The van der Waals surface area contributed by atoms with Crippen LogP contribution >= 0.6 is 0 Å². The van der Waals surface area contributed by atoms with E-state index in [1.807, 2.05) is 39.0 Å². The van der Waals surface area contributed by atoms with E-state index < -0.39 is 17.7 Å². The minimum atomic E-state index is -0.779. The number of amides is 1. The Morgan fingerprint density at radius 2 is 1.73 bits per heavy atom. The first-order chi connectivity index (χ1) is 15.4. The molecule has 0 aromatic heterocycles. The second-order valence-corrected chi connectivity index (χ2v) is 9.78. The van der Waals surface area contributed by atoms with Crippen molar-refractivity contribution in [2.24, 2.45) is 0 Å². The lowest BCUT2D eigenvalue weighted by molar-refractivity contribution is -0.140. The first-order valence-electron chi connectivity index (χ1n) is 11.2. The molecular formula is C27H33NO5. The number of carbonyl (C=O) groups is 2. The van der Waals surface area contributed by atoms with Gasteiger partial charge < -0.3 is 19.8 Å². The van der Waals surface area contributed by atoms with Crippen LogP contribution in [0, 0.1) is 6.92 Å². The van der Waals surface area contributed by atoms with E-state index in [1.165, 1.54) is 17.0 Å². The molecule has 1 fully saturated rings. The highest BCUT2D eigenvalue weighted by Gasteiger charge is 2.46. The summed E-state index contributed by atoms with van der Waals surface area (Å²) < 4.78 is 5.62. The Balaban J connectivity index is 2.17. The number of hydrogen-bond donors (Lipinski definition) is 2. The predicted molar refractivity (Wildman–Crippen MR) is 128 cm³/mol. The van der Waals surface area contributed by atoms with E-state index in [4.69, 9.17) is 4.74 Å². The molecule has 1 heterocycles. The fourth-order valence-electron chi connectivity index (χ4n) is 3.99. The molecule has 1 aliphatic heterocycles. The molecular weight excluding hydrogens is 418 g/mol. The molecule has 2 N–H and O–H groups in total. The number of carbonyl (C=O) groups excluding carboxylic acids is 2. The maximum atomic E-state index is 13.2. The molecule has 0 aliphatic carbocycles. The van der Waals surface area contributed by atoms with Crippen LogP contribution in [-0.4, -0.2) is 46.1 Å². The van der Waals surface area contributed by atoms with E-state index in [9.17, 15) is 19.8 Å². The predicted octanol–water partition coefficient (Wildman–Crippen LogP) is 4.84. The van der Waals surface area contributed by atoms with Gasteiger partial charge >= 0.3 is 0 Å². The van der Waals surface area contributed by atoms with Crippen molar-refractivity contribution in [2.45, 2.75) is 59.1 Å². The van der Waals surface area contributed by atoms with Crippen LogP contribution in [-0.2, 0) is 19.7 Å². The van der Waals surface area contributed by atoms with Crippen molar-refractivity contribution in [1.29, 1.82) is 0 Å². The van der Waals surface area contributed by atoms with Crippen molar-refractivity contribution in [1.82, 2.24) is 4.90 Å². The maximum absolute atomic E-state index is 13.2. The number of aliphatic hydroxyl groups is 1. The van der Waals surface area contributed by atoms with Gasteiger partial charge in [-0.1, -0.05) is 45.0 Å². The van der Waals surface area contributed by atoms with Gasteiger partial charge in [0.25, 0.3) is 11.7 Å². The molecule has 6 heteroatoms. The third-order valence-electron chi connectivity index (χ3n) is 5.89. The lowest BCUT2D eigenvalue weighted by Crippen LogP contribution is -2.33. The Morgan fingerprint density at radius 1 is 1.09 bits per heavy atom. The molecule has 176 valence electrons. The average molecular weight is 452 g/mol. The van der Waals surface area contributed by atoms with Gasteiger partial charge in [0.1, 0.15) is 11.5 Å². The van der Waals surface area contributed by atoms with E-state index in [1.54, 1.807) is 12.1 Å². The molecule has 1 atom stereocenters. The zero-order valence-electron chi connectivity index (χ0n) is 20.2. The summed E-state index contributed by atoms with van der Waals surface area (Å²) >= 11 is 0. The van der Waals surface area contributed by atoms with Gasteiger partial charge in [-0.3, -0.25) is 9.59 Å². The monoisotopic (exact) mass is 451 g/mol. The third-order valence-corrected chi connectivity index (χ3v) is 5.89. The minimum absolute atomic E-state index is 0.0169. The topological polar surface area (TPSA) is 87.1 Å². The number of aliphatic hydroxyl groups excluding tert-OH is 1. The second-order valence-electron chi connectivity index (χ2n) is 9.78. The Kier molecular flexibility index (Phi) is 6.98. The summed E-state index contributed by atoms with van der Waals surface area (Å²) in [6.45, 7) is 12.4. The number of ketones is 1. The van der Waals surface area contributed by atoms with Crippen LogP contribution in [0.25, 0.3) is 5.76 Å². The maximum Gasteiger partial charge on any atom is 0.295 e. The number of phenolic OH excluding ortho intramolecular Hbond substituents is 1. The van der Waals surface area contributed by atoms with E-state index in [0.717, 1.165) is 11.1 Å². The van der Waals surface area contributed by atoms with Gasteiger partial charge in [-0.2, -0.15) is 0 Å². The van der Waals surface area contributed by atoms with Crippen LogP contribution in [0.5, 0.6) is 5.75 Å². The molecule has 1 aliphatic rings. The summed E-state index contributed by atoms with van der Waals surface area (Å²) in [5, 5.41) is 21.1. The zero-order valence-corrected chi connectivity index (χ0v) is 20.2. The Bertz CT molecular complexity index is 1080. The molecule has 1 unspecified atom stereocenters. The molecule has 2 aromatic rings. The van der Waals surface area contributed by atoms with E-state index in [-0.39, 0.29) is 41.8 Å². The molecule has 0 radical (unpaired) electrons. The number of benzene rings is 2. The van der Waals surface area contributed by atoms with Gasteiger partial charge in [0.15, 0.2) is 0 Å². The number of Topliss-reactive ketones (excluding diaryl/α,β-unsaturated/α-hetero) is 1. The molecule has 1 saturated heterocycles. The summed E-state index contributed by atoms with van der Waals surface area (Å²) in [5.74, 6) is -1.52. The molecule has 0 spiro atoms. The number of aryl methyl sites for hydroxylation is 1. The van der Waals surface area contributed by atoms with E-state index in [2.05, 4.69) is 20.8 Å². The Labute approximate surface area is 195 Å². The van der Waals surface area contributed by atoms with Gasteiger partial charge in [-0.05, 0) is 61.1 Å². The third kappa shape index (κ3) is 5.11. The van der Waals surface area contributed by atoms with Crippen molar-refractivity contribution >= 4 is 17.4 Å². The molecule has 6 nitrogen and oxygen atoms in total. The first-order valence-corrected chi connectivity index (χ1v) is 11.2. The fourth-order valence-corrected chi connectivity index (χ4v) is 3.99. The molecule has 0 saturated carbocycles. The first kappa shape index (κ1) is 24.5. The zero-order chi connectivity index (χ0) is 24.5. The van der Waals surface area contributed by atoms with Gasteiger partial charge in [0, 0.05) is 12.1 Å². The van der Waals surface area contributed by atoms with Gasteiger partial charge in [0.2, 0.25) is 0 Å². The normalized spacial score (nSPS) is 18.4. The summed E-state index contributed by atoms with van der Waals surface area (Å²) in [7, 11) is 0. The summed E-state index contributed by atoms with van der Waals surface area (Å²) in [6.07, 6.45) is -0.0169. The SMILES string of the molecule is Cc1ccc(C(C)(C)C)cc1/C(O)=C1\C(=O)C(=O)N(CCOC(C)C)C1c1ccc(O)cc1. The van der Waals surface area contributed by atoms with Gasteiger partial charge in [-0.25, -0.2) is 0 Å². The van der Waals surface area contributed by atoms with Crippen molar-refractivity contribution in [3.8, 4) is 5.75 Å². The van der Waals surface area contributed by atoms with Crippen LogP contribution in [0.15, 0.2) is 48.0 Å². The molecule has 2 aromatic carbocycles. The number of rotatable bonds is 6. The van der Waals surface area contributed by atoms with Crippen LogP contribution in [0.4, 0.5) is 0 Å². The summed E-state index contributed by atoms with van der Waals surface area (Å²) in [5.41, 5.74) is 2.86. The van der Waals surface area contributed by atoms with Crippen molar-refractivity contribution < 1.29 is 24.5 Å². The molecule has 33 heavy (non-hydrogen) atoms. The Hall–Kier alpha value is -3.12. The Morgan fingerprint density at radius 3 is 2.30 bits per heavy atom. The quantitative estimate of drug-likeness (QED) is 0.373. The lowest BCUT2D eigenvalue weighted by Gasteiger charge is -2.26. The van der Waals surface area contributed by atoms with Crippen LogP contribution in [0.3, 0.4) is 0 Å². The van der Waals surface area contributed by atoms with E-state index in [0.29, 0.717) is 11.1 Å². The highest BCUT2D eigenvalue weighted by atomic mass is 16.5. The van der Waals surface area contributed by atoms with Gasteiger partial charge in [-0.15, -0.1) is 0 Å². The smallest absolute Gasteiger partial charge is 0.295 e.